The van der Waals surface area contributed by atoms with Gasteiger partial charge in [-0.1, -0.05) is 12.8 Å². The SMILES string of the molecule is Cl.Cl.NC1CCCC(C(=O)N2CCC(CN3CCCCC3)C2)C1. The van der Waals surface area contributed by atoms with Gasteiger partial charge in [0.15, 0.2) is 0 Å². The molecule has 3 unspecified atom stereocenters. The maximum atomic E-state index is 12.6. The Bertz CT molecular complexity index is 364. The van der Waals surface area contributed by atoms with Crippen molar-refractivity contribution < 1.29 is 4.79 Å². The Kier molecular flexibility index (Phi) is 9.20. The molecule has 0 aromatic heterocycles. The van der Waals surface area contributed by atoms with Crippen LogP contribution in [0.25, 0.3) is 0 Å². The van der Waals surface area contributed by atoms with Gasteiger partial charge in [-0.05, 0) is 57.5 Å². The van der Waals surface area contributed by atoms with Crippen molar-refractivity contribution in [2.75, 3.05) is 32.7 Å². The lowest BCUT2D eigenvalue weighted by Gasteiger charge is -2.30. The van der Waals surface area contributed by atoms with Crippen molar-refractivity contribution in [3.63, 3.8) is 0 Å². The number of halogens is 2. The molecule has 3 aliphatic rings. The van der Waals surface area contributed by atoms with Gasteiger partial charge in [-0.25, -0.2) is 0 Å². The molecule has 23 heavy (non-hydrogen) atoms. The molecule has 3 fully saturated rings. The van der Waals surface area contributed by atoms with Gasteiger partial charge >= 0.3 is 0 Å². The van der Waals surface area contributed by atoms with Crippen molar-refractivity contribution in [2.45, 2.75) is 57.4 Å². The minimum Gasteiger partial charge on any atom is -0.342 e. The zero-order chi connectivity index (χ0) is 14.7. The molecule has 136 valence electrons. The molecule has 1 aliphatic carbocycles. The molecule has 0 spiro atoms. The van der Waals surface area contributed by atoms with Gasteiger partial charge in [-0.3, -0.25) is 4.79 Å². The Hall–Kier alpha value is -0.0300. The van der Waals surface area contributed by atoms with Crippen LogP contribution in [-0.2, 0) is 4.79 Å². The average Bonchev–Trinajstić information content (AvgIpc) is 2.96. The van der Waals surface area contributed by atoms with Crippen LogP contribution in [-0.4, -0.2) is 54.5 Å². The highest BCUT2D eigenvalue weighted by Crippen LogP contribution is 2.28. The molecule has 0 aromatic carbocycles. The van der Waals surface area contributed by atoms with Crippen LogP contribution >= 0.6 is 24.8 Å². The lowest BCUT2D eigenvalue weighted by atomic mass is 9.85. The van der Waals surface area contributed by atoms with Crippen molar-refractivity contribution in [1.82, 2.24) is 9.80 Å². The fraction of sp³-hybridized carbons (Fsp3) is 0.941. The highest BCUT2D eigenvalue weighted by Gasteiger charge is 2.33. The predicted molar refractivity (Wildman–Crippen MR) is 99.4 cm³/mol. The smallest absolute Gasteiger partial charge is 0.225 e. The Balaban J connectivity index is 0.00000132. The molecule has 3 atom stereocenters. The van der Waals surface area contributed by atoms with E-state index < -0.39 is 0 Å². The third-order valence-electron chi connectivity index (χ3n) is 5.63. The summed E-state index contributed by atoms with van der Waals surface area (Å²) >= 11 is 0. The van der Waals surface area contributed by atoms with Crippen LogP contribution in [0, 0.1) is 11.8 Å². The predicted octanol–water partition coefficient (Wildman–Crippen LogP) is 2.68. The van der Waals surface area contributed by atoms with Crippen molar-refractivity contribution in [3.05, 3.63) is 0 Å². The summed E-state index contributed by atoms with van der Waals surface area (Å²) in [6.07, 6.45) is 9.50. The number of hydrogen-bond acceptors (Lipinski definition) is 3. The first-order valence-corrected chi connectivity index (χ1v) is 8.99. The van der Waals surface area contributed by atoms with Gasteiger partial charge in [0.05, 0.1) is 0 Å². The first kappa shape index (κ1) is 21.0. The van der Waals surface area contributed by atoms with Gasteiger partial charge in [-0.15, -0.1) is 24.8 Å². The standard InChI is InChI=1S/C17H31N3O.2ClH/c18-16-6-4-5-15(11-16)17(21)20-10-7-14(13-20)12-19-8-2-1-3-9-19;;/h14-16H,1-13,18H2;2*1H. The molecule has 2 aliphatic heterocycles. The maximum absolute atomic E-state index is 12.6. The van der Waals surface area contributed by atoms with E-state index in [1.165, 1.54) is 45.3 Å². The fourth-order valence-corrected chi connectivity index (χ4v) is 4.40. The van der Waals surface area contributed by atoms with E-state index >= 15 is 0 Å². The van der Waals surface area contributed by atoms with Gasteiger partial charge in [0.25, 0.3) is 0 Å². The first-order valence-electron chi connectivity index (χ1n) is 8.99. The van der Waals surface area contributed by atoms with E-state index in [9.17, 15) is 4.79 Å². The Labute approximate surface area is 153 Å². The van der Waals surface area contributed by atoms with Gasteiger partial charge in [0, 0.05) is 31.6 Å². The zero-order valence-electron chi connectivity index (χ0n) is 14.1. The molecule has 0 aromatic rings. The third kappa shape index (κ3) is 5.77. The molecular weight excluding hydrogens is 333 g/mol. The Morgan fingerprint density at radius 3 is 2.39 bits per heavy atom. The van der Waals surface area contributed by atoms with Gasteiger partial charge in [0.1, 0.15) is 0 Å². The number of carbonyl (C=O) groups is 1. The Morgan fingerprint density at radius 2 is 1.70 bits per heavy atom. The second-order valence-corrected chi connectivity index (χ2v) is 7.42. The van der Waals surface area contributed by atoms with Crippen LogP contribution in [0.15, 0.2) is 0 Å². The second kappa shape index (κ2) is 10.1. The number of likely N-dealkylation sites (tertiary alicyclic amines) is 2. The van der Waals surface area contributed by atoms with Crippen LogP contribution in [0.3, 0.4) is 0 Å². The molecule has 2 heterocycles. The minimum absolute atomic E-state index is 0. The normalized spacial score (nSPS) is 32.0. The molecule has 2 saturated heterocycles. The minimum atomic E-state index is 0. The average molecular weight is 366 g/mol. The molecule has 2 N–H and O–H groups in total. The molecule has 0 radical (unpaired) electrons. The number of hydrogen-bond donors (Lipinski definition) is 1. The molecule has 3 rings (SSSR count). The summed E-state index contributed by atoms with van der Waals surface area (Å²) in [7, 11) is 0. The van der Waals surface area contributed by atoms with E-state index in [1.54, 1.807) is 0 Å². The van der Waals surface area contributed by atoms with E-state index in [4.69, 9.17) is 5.73 Å². The number of carbonyl (C=O) groups excluding carboxylic acids is 1. The molecule has 6 heteroatoms. The number of nitrogens with two attached hydrogens (primary N) is 1. The fourth-order valence-electron chi connectivity index (χ4n) is 4.40. The quantitative estimate of drug-likeness (QED) is 0.836. The summed E-state index contributed by atoms with van der Waals surface area (Å²) in [5.41, 5.74) is 6.04. The lowest BCUT2D eigenvalue weighted by Crippen LogP contribution is -2.40. The van der Waals surface area contributed by atoms with Crippen molar-refractivity contribution >= 4 is 30.7 Å². The number of nitrogens with zero attached hydrogens (tertiary/aromatic N) is 2. The first-order chi connectivity index (χ1) is 10.2. The third-order valence-corrected chi connectivity index (χ3v) is 5.63. The van der Waals surface area contributed by atoms with Crippen LogP contribution in [0.2, 0.25) is 0 Å². The summed E-state index contributed by atoms with van der Waals surface area (Å²) < 4.78 is 0. The molecule has 0 bridgehead atoms. The second-order valence-electron chi connectivity index (χ2n) is 7.42. The molecular formula is C17H33Cl2N3O. The number of amides is 1. The maximum Gasteiger partial charge on any atom is 0.225 e. The van der Waals surface area contributed by atoms with Crippen LogP contribution < -0.4 is 5.73 Å². The van der Waals surface area contributed by atoms with E-state index in [0.29, 0.717) is 11.8 Å². The summed E-state index contributed by atoms with van der Waals surface area (Å²) in [5, 5.41) is 0. The van der Waals surface area contributed by atoms with Gasteiger partial charge in [-0.2, -0.15) is 0 Å². The van der Waals surface area contributed by atoms with Gasteiger partial charge in [0.2, 0.25) is 5.91 Å². The van der Waals surface area contributed by atoms with Crippen LogP contribution in [0.4, 0.5) is 0 Å². The highest BCUT2D eigenvalue weighted by molar-refractivity contribution is 5.85. The topological polar surface area (TPSA) is 49.6 Å². The van der Waals surface area contributed by atoms with E-state index in [1.807, 2.05) is 0 Å². The van der Waals surface area contributed by atoms with Crippen LogP contribution in [0.5, 0.6) is 0 Å². The van der Waals surface area contributed by atoms with Crippen LogP contribution in [0.1, 0.15) is 51.4 Å². The molecule has 1 saturated carbocycles. The lowest BCUT2D eigenvalue weighted by molar-refractivity contribution is -0.135. The molecule has 4 nitrogen and oxygen atoms in total. The van der Waals surface area contributed by atoms with Crippen molar-refractivity contribution in [2.24, 2.45) is 17.6 Å². The van der Waals surface area contributed by atoms with Crippen molar-refractivity contribution in [3.8, 4) is 0 Å². The summed E-state index contributed by atoms with van der Waals surface area (Å²) in [6, 6.07) is 0.249. The largest absolute Gasteiger partial charge is 0.342 e. The summed E-state index contributed by atoms with van der Waals surface area (Å²) in [5.74, 6) is 1.30. The van der Waals surface area contributed by atoms with Crippen molar-refractivity contribution in [1.29, 1.82) is 0 Å². The molecule has 1 amide bonds. The highest BCUT2D eigenvalue weighted by atomic mass is 35.5. The Morgan fingerprint density at radius 1 is 0.957 bits per heavy atom. The summed E-state index contributed by atoms with van der Waals surface area (Å²) in [4.78, 5) is 17.4. The monoisotopic (exact) mass is 365 g/mol. The van der Waals surface area contributed by atoms with E-state index in [0.717, 1.165) is 38.8 Å². The number of piperidine rings is 1. The summed E-state index contributed by atoms with van der Waals surface area (Å²) in [6.45, 7) is 5.70. The van der Waals surface area contributed by atoms with E-state index in [-0.39, 0.29) is 36.8 Å². The van der Waals surface area contributed by atoms with Gasteiger partial charge < -0.3 is 15.5 Å². The number of rotatable bonds is 3. The zero-order valence-corrected chi connectivity index (χ0v) is 15.8. The van der Waals surface area contributed by atoms with E-state index in [2.05, 4.69) is 9.80 Å².